The van der Waals surface area contributed by atoms with Gasteiger partial charge < -0.3 is 14.9 Å². The van der Waals surface area contributed by atoms with Crippen molar-refractivity contribution in [3.8, 4) is 0 Å². The number of hydrogen-bond donors (Lipinski definition) is 1. The maximum absolute atomic E-state index is 10.6. The van der Waals surface area contributed by atoms with Gasteiger partial charge in [-0.05, 0) is 57.2 Å². The highest BCUT2D eigenvalue weighted by Crippen LogP contribution is 2.21. The number of aliphatic carboxylic acids is 1. The quantitative estimate of drug-likeness (QED) is 0.827. The predicted molar refractivity (Wildman–Crippen MR) is 76.3 cm³/mol. The molecule has 0 amide bonds. The van der Waals surface area contributed by atoms with E-state index in [1.54, 1.807) is 0 Å². The van der Waals surface area contributed by atoms with Crippen LogP contribution in [0.5, 0.6) is 0 Å². The molecule has 0 aromatic heterocycles. The summed E-state index contributed by atoms with van der Waals surface area (Å²) in [4.78, 5) is 15.6. The third kappa shape index (κ3) is 5.11. The summed E-state index contributed by atoms with van der Waals surface area (Å²) in [5, 5.41) is 8.76. The summed E-state index contributed by atoms with van der Waals surface area (Å²) in [5.74, 6) is 0.970. The Morgan fingerprint density at radius 3 is 2.58 bits per heavy atom. The van der Waals surface area contributed by atoms with Gasteiger partial charge in [-0.1, -0.05) is 6.92 Å². The van der Waals surface area contributed by atoms with Gasteiger partial charge in [0.05, 0.1) is 6.42 Å². The minimum Gasteiger partial charge on any atom is -0.481 e. The van der Waals surface area contributed by atoms with Gasteiger partial charge in [-0.15, -0.1) is 0 Å². The number of carbonyl (C=O) groups is 1. The van der Waals surface area contributed by atoms with Crippen LogP contribution >= 0.6 is 0 Å². The Morgan fingerprint density at radius 2 is 1.89 bits per heavy atom. The Bertz CT molecular complexity index is 288. The monoisotopic (exact) mass is 268 g/mol. The lowest BCUT2D eigenvalue weighted by molar-refractivity contribution is -0.137. The first-order valence-electron chi connectivity index (χ1n) is 7.80. The van der Waals surface area contributed by atoms with E-state index in [4.69, 9.17) is 5.11 Å². The minimum atomic E-state index is -0.674. The van der Waals surface area contributed by atoms with E-state index >= 15 is 0 Å². The van der Waals surface area contributed by atoms with E-state index in [9.17, 15) is 4.79 Å². The molecular weight excluding hydrogens is 240 g/mol. The number of carboxylic acid groups (broad SMARTS) is 1. The molecule has 0 spiro atoms. The van der Waals surface area contributed by atoms with Crippen LogP contribution in [-0.2, 0) is 4.79 Å². The van der Waals surface area contributed by atoms with Crippen molar-refractivity contribution in [3.05, 3.63) is 0 Å². The fraction of sp³-hybridized carbons (Fsp3) is 0.933. The van der Waals surface area contributed by atoms with Crippen LogP contribution in [-0.4, -0.2) is 60.1 Å². The molecule has 4 nitrogen and oxygen atoms in total. The van der Waals surface area contributed by atoms with Crippen molar-refractivity contribution in [2.24, 2.45) is 11.8 Å². The van der Waals surface area contributed by atoms with Crippen LogP contribution in [0.1, 0.15) is 39.0 Å². The number of piperidine rings is 2. The van der Waals surface area contributed by atoms with Crippen LogP contribution < -0.4 is 0 Å². The van der Waals surface area contributed by atoms with Crippen molar-refractivity contribution in [1.82, 2.24) is 9.80 Å². The maximum atomic E-state index is 10.6. The molecule has 2 aliphatic rings. The van der Waals surface area contributed by atoms with Gasteiger partial charge in [0.15, 0.2) is 0 Å². The van der Waals surface area contributed by atoms with Crippen LogP contribution in [0.4, 0.5) is 0 Å². The molecule has 0 unspecified atom stereocenters. The molecule has 0 aromatic carbocycles. The minimum absolute atomic E-state index is 0.286. The lowest BCUT2D eigenvalue weighted by Crippen LogP contribution is -2.43. The molecule has 2 rings (SSSR count). The first kappa shape index (κ1) is 14.8. The van der Waals surface area contributed by atoms with Crippen molar-refractivity contribution >= 4 is 5.97 Å². The molecule has 0 aromatic rings. The standard InChI is InChI=1S/C15H28N2O2/c1-13-4-8-17(9-5-13)12-14-3-2-7-16(11-14)10-6-15(18)19/h13-14H,2-12H2,1H3,(H,18,19)/t14-/m1/s1. The molecule has 4 heteroatoms. The van der Waals surface area contributed by atoms with Crippen LogP contribution in [0.25, 0.3) is 0 Å². The molecule has 2 heterocycles. The van der Waals surface area contributed by atoms with Gasteiger partial charge in [-0.3, -0.25) is 4.79 Å². The van der Waals surface area contributed by atoms with E-state index in [1.165, 1.54) is 45.3 Å². The fourth-order valence-electron chi connectivity index (χ4n) is 3.37. The Balaban J connectivity index is 1.70. The zero-order chi connectivity index (χ0) is 13.7. The maximum Gasteiger partial charge on any atom is 0.304 e. The van der Waals surface area contributed by atoms with Crippen LogP contribution in [0.2, 0.25) is 0 Å². The van der Waals surface area contributed by atoms with Gasteiger partial charge in [-0.25, -0.2) is 0 Å². The molecule has 1 atom stereocenters. The summed E-state index contributed by atoms with van der Waals surface area (Å²) in [7, 11) is 0. The van der Waals surface area contributed by atoms with Gasteiger partial charge in [-0.2, -0.15) is 0 Å². The largest absolute Gasteiger partial charge is 0.481 e. The van der Waals surface area contributed by atoms with Crippen LogP contribution in [0.15, 0.2) is 0 Å². The average molecular weight is 268 g/mol. The first-order valence-corrected chi connectivity index (χ1v) is 7.80. The molecule has 1 N–H and O–H groups in total. The van der Waals surface area contributed by atoms with Crippen LogP contribution in [0.3, 0.4) is 0 Å². The highest BCUT2D eigenvalue weighted by atomic mass is 16.4. The second kappa shape index (κ2) is 7.25. The number of rotatable bonds is 5. The van der Waals surface area contributed by atoms with E-state index in [0.717, 1.165) is 31.5 Å². The van der Waals surface area contributed by atoms with E-state index < -0.39 is 5.97 Å². The summed E-state index contributed by atoms with van der Waals surface area (Å²) >= 11 is 0. The van der Waals surface area contributed by atoms with Crippen molar-refractivity contribution < 1.29 is 9.90 Å². The van der Waals surface area contributed by atoms with Crippen LogP contribution in [0, 0.1) is 11.8 Å². The van der Waals surface area contributed by atoms with E-state index in [1.807, 2.05) is 0 Å². The highest BCUT2D eigenvalue weighted by molar-refractivity contribution is 5.66. The second-order valence-corrected chi connectivity index (χ2v) is 6.44. The van der Waals surface area contributed by atoms with Gasteiger partial charge >= 0.3 is 5.97 Å². The topological polar surface area (TPSA) is 43.8 Å². The fourth-order valence-corrected chi connectivity index (χ4v) is 3.37. The highest BCUT2D eigenvalue weighted by Gasteiger charge is 2.24. The molecule has 2 fully saturated rings. The zero-order valence-corrected chi connectivity index (χ0v) is 12.2. The molecule has 2 aliphatic heterocycles. The molecular formula is C15H28N2O2. The van der Waals surface area contributed by atoms with Gasteiger partial charge in [0.25, 0.3) is 0 Å². The smallest absolute Gasteiger partial charge is 0.304 e. The molecule has 110 valence electrons. The van der Waals surface area contributed by atoms with Gasteiger partial charge in [0, 0.05) is 19.6 Å². The van der Waals surface area contributed by atoms with Crippen molar-refractivity contribution in [1.29, 1.82) is 0 Å². The van der Waals surface area contributed by atoms with Crippen molar-refractivity contribution in [3.63, 3.8) is 0 Å². The molecule has 0 saturated carbocycles. The number of hydrogen-bond acceptors (Lipinski definition) is 3. The average Bonchev–Trinajstić information content (AvgIpc) is 2.40. The predicted octanol–water partition coefficient (Wildman–Crippen LogP) is 1.91. The molecule has 0 bridgehead atoms. The van der Waals surface area contributed by atoms with Gasteiger partial charge in [0.1, 0.15) is 0 Å². The Morgan fingerprint density at radius 1 is 1.16 bits per heavy atom. The molecule has 0 radical (unpaired) electrons. The normalized spacial score (nSPS) is 27.5. The Labute approximate surface area is 116 Å². The number of likely N-dealkylation sites (tertiary alicyclic amines) is 2. The zero-order valence-electron chi connectivity index (χ0n) is 12.2. The van der Waals surface area contributed by atoms with E-state index in [-0.39, 0.29) is 6.42 Å². The molecule has 0 aliphatic carbocycles. The Hall–Kier alpha value is -0.610. The number of carboxylic acids is 1. The molecule has 2 saturated heterocycles. The lowest BCUT2D eigenvalue weighted by Gasteiger charge is -2.37. The third-order valence-corrected chi connectivity index (χ3v) is 4.64. The molecule has 19 heavy (non-hydrogen) atoms. The second-order valence-electron chi connectivity index (χ2n) is 6.44. The first-order chi connectivity index (χ1) is 9.13. The van der Waals surface area contributed by atoms with E-state index in [2.05, 4.69) is 16.7 Å². The summed E-state index contributed by atoms with van der Waals surface area (Å²) in [6.45, 7) is 8.99. The third-order valence-electron chi connectivity index (χ3n) is 4.64. The summed E-state index contributed by atoms with van der Waals surface area (Å²) in [6, 6.07) is 0. The summed E-state index contributed by atoms with van der Waals surface area (Å²) < 4.78 is 0. The summed E-state index contributed by atoms with van der Waals surface area (Å²) in [6.07, 6.45) is 5.52. The van der Waals surface area contributed by atoms with E-state index in [0.29, 0.717) is 0 Å². The Kier molecular flexibility index (Phi) is 5.64. The SMILES string of the molecule is CC1CCN(C[C@@H]2CCCN(CCC(=O)O)C2)CC1. The van der Waals surface area contributed by atoms with Crippen molar-refractivity contribution in [2.75, 3.05) is 39.3 Å². The van der Waals surface area contributed by atoms with Gasteiger partial charge in [0.2, 0.25) is 0 Å². The van der Waals surface area contributed by atoms with Crippen molar-refractivity contribution in [2.45, 2.75) is 39.0 Å². The number of nitrogens with zero attached hydrogens (tertiary/aromatic N) is 2. The summed E-state index contributed by atoms with van der Waals surface area (Å²) in [5.41, 5.74) is 0. The lowest BCUT2D eigenvalue weighted by atomic mass is 9.94.